The number of rotatable bonds is 2. The van der Waals surface area contributed by atoms with E-state index in [1.54, 1.807) is 0 Å². The van der Waals surface area contributed by atoms with E-state index >= 15 is 0 Å². The molecule has 8 aromatic carbocycles. The molecule has 0 unspecified atom stereocenters. The monoisotopic (exact) mass is 560 g/mol. The molecule has 0 radical (unpaired) electrons. The molecule has 0 aliphatic carbocycles. The van der Waals surface area contributed by atoms with Crippen LogP contribution >= 0.6 is 0 Å². The summed E-state index contributed by atoms with van der Waals surface area (Å²) in [7, 11) is 0. The van der Waals surface area contributed by atoms with Crippen LogP contribution in [0.15, 0.2) is 154 Å². The second kappa shape index (κ2) is 8.82. The van der Waals surface area contributed by atoms with Crippen molar-refractivity contribution in [1.82, 2.24) is 0 Å². The molecule has 0 bridgehead atoms. The lowest BCUT2D eigenvalue weighted by molar-refractivity contribution is 0.633. The number of furan rings is 2. The van der Waals surface area contributed by atoms with Crippen LogP contribution in [-0.4, -0.2) is 0 Å². The van der Waals surface area contributed by atoms with Gasteiger partial charge in [0.2, 0.25) is 0 Å². The predicted octanol–water partition coefficient (Wildman–Crippen LogP) is 12.3. The summed E-state index contributed by atoms with van der Waals surface area (Å²) in [6.45, 7) is 0. The van der Waals surface area contributed by atoms with Gasteiger partial charge in [-0.1, -0.05) is 115 Å². The first-order valence-electron chi connectivity index (χ1n) is 15.0. The Balaban J connectivity index is 1.33. The zero-order valence-electron chi connectivity index (χ0n) is 23.7. The fourth-order valence-electron chi connectivity index (χ4n) is 7.35. The third kappa shape index (κ3) is 3.20. The average molecular weight is 561 g/mol. The van der Waals surface area contributed by atoms with Crippen LogP contribution in [0.2, 0.25) is 0 Å². The Morgan fingerprint density at radius 2 is 0.909 bits per heavy atom. The van der Waals surface area contributed by atoms with Crippen molar-refractivity contribution in [2.45, 2.75) is 0 Å². The molecule has 2 heterocycles. The maximum atomic E-state index is 6.62. The van der Waals surface area contributed by atoms with E-state index in [2.05, 4.69) is 133 Å². The molecule has 0 aliphatic rings. The quantitative estimate of drug-likeness (QED) is 0.197. The molecular weight excluding hydrogens is 536 g/mol. The van der Waals surface area contributed by atoms with Crippen molar-refractivity contribution >= 4 is 76.2 Å². The molecule has 10 rings (SSSR count). The van der Waals surface area contributed by atoms with Crippen LogP contribution in [0.1, 0.15) is 0 Å². The minimum Gasteiger partial charge on any atom is -0.452 e. The summed E-state index contributed by atoms with van der Waals surface area (Å²) in [6.07, 6.45) is 0. The standard InChI is InChI=1S/C42H24O2/c1-2-11-26-24-27(21-20-25(26)10-1)38-29-13-3-5-15-31(29)39(32-16-6-4-14-30(32)38)34-17-9-19-37-40(34)35-23-22-33-28-12-7-8-18-36(28)43-41(33)42(35)44-37/h1-24H. The largest absolute Gasteiger partial charge is 0.452 e. The van der Waals surface area contributed by atoms with Gasteiger partial charge < -0.3 is 8.83 Å². The summed E-state index contributed by atoms with van der Waals surface area (Å²) in [5.74, 6) is 0. The van der Waals surface area contributed by atoms with Gasteiger partial charge in [0.25, 0.3) is 0 Å². The van der Waals surface area contributed by atoms with Gasteiger partial charge in [0.05, 0.1) is 0 Å². The van der Waals surface area contributed by atoms with Crippen LogP contribution < -0.4 is 0 Å². The lowest BCUT2D eigenvalue weighted by Crippen LogP contribution is -1.91. The number of hydrogen-bond donors (Lipinski definition) is 0. The normalized spacial score (nSPS) is 12.1. The molecule has 0 fully saturated rings. The van der Waals surface area contributed by atoms with Crippen molar-refractivity contribution in [3.8, 4) is 22.3 Å². The predicted molar refractivity (Wildman–Crippen MR) is 184 cm³/mol. The van der Waals surface area contributed by atoms with Gasteiger partial charge in [0, 0.05) is 21.5 Å². The molecule has 0 amide bonds. The minimum atomic E-state index is 0.794. The lowest BCUT2D eigenvalue weighted by atomic mass is 9.84. The topological polar surface area (TPSA) is 26.3 Å². The average Bonchev–Trinajstić information content (AvgIpc) is 3.66. The fraction of sp³-hybridized carbons (Fsp3) is 0. The van der Waals surface area contributed by atoms with Crippen molar-refractivity contribution in [2.24, 2.45) is 0 Å². The summed E-state index contributed by atoms with van der Waals surface area (Å²) in [4.78, 5) is 0. The highest BCUT2D eigenvalue weighted by molar-refractivity contribution is 6.27. The summed E-state index contributed by atoms with van der Waals surface area (Å²) in [6, 6.07) is 52.0. The van der Waals surface area contributed by atoms with Crippen molar-refractivity contribution in [1.29, 1.82) is 0 Å². The van der Waals surface area contributed by atoms with Crippen LogP contribution in [0, 0.1) is 0 Å². The van der Waals surface area contributed by atoms with Gasteiger partial charge in [-0.2, -0.15) is 0 Å². The van der Waals surface area contributed by atoms with Crippen molar-refractivity contribution < 1.29 is 8.83 Å². The summed E-state index contributed by atoms with van der Waals surface area (Å²) in [5.41, 5.74) is 8.19. The number of benzene rings is 8. The third-order valence-electron chi connectivity index (χ3n) is 9.25. The second-order valence-electron chi connectivity index (χ2n) is 11.6. The van der Waals surface area contributed by atoms with Gasteiger partial charge in [-0.05, 0) is 84.9 Å². The Labute approximate surface area is 252 Å². The molecule has 2 heteroatoms. The first-order chi connectivity index (χ1) is 21.8. The molecule has 0 saturated carbocycles. The van der Waals surface area contributed by atoms with E-state index in [0.29, 0.717) is 0 Å². The molecular formula is C42H24O2. The second-order valence-corrected chi connectivity index (χ2v) is 11.6. The SMILES string of the molecule is c1ccc2cc(-c3c4ccccc4c(-c4cccc5oc6c(ccc7c8ccccc8oc76)c45)c4ccccc34)ccc2c1. The number of fused-ring (bicyclic) bond motifs is 10. The van der Waals surface area contributed by atoms with Crippen LogP contribution in [0.5, 0.6) is 0 Å². The maximum absolute atomic E-state index is 6.62. The van der Waals surface area contributed by atoms with Gasteiger partial charge in [-0.3, -0.25) is 0 Å². The van der Waals surface area contributed by atoms with Crippen molar-refractivity contribution in [3.63, 3.8) is 0 Å². The zero-order chi connectivity index (χ0) is 28.8. The van der Waals surface area contributed by atoms with Gasteiger partial charge >= 0.3 is 0 Å². The lowest BCUT2D eigenvalue weighted by Gasteiger charge is -2.18. The highest BCUT2D eigenvalue weighted by atomic mass is 16.4. The van der Waals surface area contributed by atoms with Crippen LogP contribution in [-0.2, 0) is 0 Å². The Hall–Kier alpha value is -5.86. The maximum Gasteiger partial charge on any atom is 0.178 e. The van der Waals surface area contributed by atoms with Gasteiger partial charge in [0.1, 0.15) is 11.2 Å². The molecule has 0 spiro atoms. The van der Waals surface area contributed by atoms with Gasteiger partial charge in [-0.15, -0.1) is 0 Å². The Morgan fingerprint density at radius 1 is 0.341 bits per heavy atom. The summed E-state index contributed by atoms with van der Waals surface area (Å²) < 4.78 is 13.0. The summed E-state index contributed by atoms with van der Waals surface area (Å²) in [5, 5.41) is 11.8. The molecule has 0 N–H and O–H groups in total. The van der Waals surface area contributed by atoms with E-state index < -0.39 is 0 Å². The Morgan fingerprint density at radius 3 is 1.68 bits per heavy atom. The molecule has 204 valence electrons. The molecule has 10 aromatic rings. The first-order valence-corrected chi connectivity index (χ1v) is 15.0. The summed E-state index contributed by atoms with van der Waals surface area (Å²) >= 11 is 0. The third-order valence-corrected chi connectivity index (χ3v) is 9.25. The zero-order valence-corrected chi connectivity index (χ0v) is 23.7. The van der Waals surface area contributed by atoms with Crippen LogP contribution in [0.25, 0.3) is 98.4 Å². The van der Waals surface area contributed by atoms with E-state index in [1.807, 2.05) is 12.1 Å². The first kappa shape index (κ1) is 23.7. The highest BCUT2D eigenvalue weighted by Crippen LogP contribution is 2.48. The van der Waals surface area contributed by atoms with E-state index in [-0.39, 0.29) is 0 Å². The Kier molecular flexibility index (Phi) is 4.75. The molecule has 2 nitrogen and oxygen atoms in total. The van der Waals surface area contributed by atoms with Crippen LogP contribution in [0.4, 0.5) is 0 Å². The van der Waals surface area contributed by atoms with Crippen molar-refractivity contribution in [2.75, 3.05) is 0 Å². The van der Waals surface area contributed by atoms with E-state index in [4.69, 9.17) is 8.83 Å². The van der Waals surface area contributed by atoms with Crippen LogP contribution in [0.3, 0.4) is 0 Å². The Bertz CT molecular complexity index is 2720. The van der Waals surface area contributed by atoms with Gasteiger partial charge in [0.15, 0.2) is 11.2 Å². The van der Waals surface area contributed by atoms with Crippen molar-refractivity contribution in [3.05, 3.63) is 146 Å². The number of para-hydroxylation sites is 1. The number of hydrogen-bond acceptors (Lipinski definition) is 2. The molecule has 0 saturated heterocycles. The highest BCUT2D eigenvalue weighted by Gasteiger charge is 2.22. The van der Waals surface area contributed by atoms with E-state index in [9.17, 15) is 0 Å². The van der Waals surface area contributed by atoms with Gasteiger partial charge in [-0.25, -0.2) is 0 Å². The smallest absolute Gasteiger partial charge is 0.178 e. The molecule has 0 atom stereocenters. The van der Waals surface area contributed by atoms with E-state index in [0.717, 1.165) is 49.4 Å². The fourth-order valence-corrected chi connectivity index (χ4v) is 7.35. The molecule has 2 aromatic heterocycles. The minimum absolute atomic E-state index is 0.794. The molecule has 0 aliphatic heterocycles. The molecule has 44 heavy (non-hydrogen) atoms. The van der Waals surface area contributed by atoms with E-state index in [1.165, 1.54) is 49.0 Å².